The van der Waals surface area contributed by atoms with E-state index < -0.39 is 5.41 Å². The van der Waals surface area contributed by atoms with Crippen molar-refractivity contribution in [3.05, 3.63) is 71.3 Å². The normalized spacial score (nSPS) is 11.2. The number of amides is 1. The summed E-state index contributed by atoms with van der Waals surface area (Å²) in [5.41, 5.74) is 8.48. The summed E-state index contributed by atoms with van der Waals surface area (Å²) in [6, 6.07) is 18.3. The monoisotopic (exact) mass is 443 g/mol. The maximum atomic E-state index is 13.0. The number of rotatable bonds is 5. The summed E-state index contributed by atoms with van der Waals surface area (Å²) in [5, 5.41) is 12.7. The number of nitrogens with two attached hydrogens (primary N) is 1. The van der Waals surface area contributed by atoms with E-state index in [9.17, 15) is 10.1 Å². The van der Waals surface area contributed by atoms with Crippen LogP contribution in [-0.2, 0) is 5.41 Å². The van der Waals surface area contributed by atoms with E-state index in [1.807, 2.05) is 39.0 Å². The number of pyridine rings is 1. The van der Waals surface area contributed by atoms with Crippen LogP contribution in [0.1, 0.15) is 35.3 Å². The first-order valence-electron chi connectivity index (χ1n) is 9.90. The number of aryl methyl sites for hydroxylation is 1. The van der Waals surface area contributed by atoms with Crippen molar-refractivity contribution in [2.24, 2.45) is 0 Å². The number of carbonyl (C=O) groups is 1. The van der Waals surface area contributed by atoms with Gasteiger partial charge in [0.05, 0.1) is 17.2 Å². The molecule has 2 aromatic carbocycles. The van der Waals surface area contributed by atoms with Crippen LogP contribution < -0.4 is 15.8 Å². The Morgan fingerprint density at radius 2 is 1.97 bits per heavy atom. The largest absolute Gasteiger partial charge is 0.437 e. The fraction of sp³-hybridized carbons (Fsp3) is 0.167. The zero-order chi connectivity index (χ0) is 22.9. The molecule has 160 valence electrons. The average molecular weight is 444 g/mol. The summed E-state index contributed by atoms with van der Waals surface area (Å²) in [6.07, 6.45) is 0. The van der Waals surface area contributed by atoms with Crippen molar-refractivity contribution in [3.63, 3.8) is 0 Å². The molecule has 4 aromatic rings. The van der Waals surface area contributed by atoms with Gasteiger partial charge in [-0.05, 0) is 62.2 Å². The Hall–Kier alpha value is -3.96. The van der Waals surface area contributed by atoms with Gasteiger partial charge in [-0.25, -0.2) is 9.97 Å². The van der Waals surface area contributed by atoms with Crippen molar-refractivity contribution in [1.82, 2.24) is 9.97 Å². The predicted octanol–water partition coefficient (Wildman–Crippen LogP) is 5.43. The standard InChI is InChI=1S/C24H21N5O2S/c1-14-7-8-17(27-21(30)15-5-4-6-16(12-15)24(2,3)13-25)19(11-14)31-20-10-9-18-22(29-20)32-23(26)28-18/h4-12H,1-3H3,(H2,26,28)(H,27,30). The first-order valence-corrected chi connectivity index (χ1v) is 10.7. The van der Waals surface area contributed by atoms with Gasteiger partial charge in [-0.3, -0.25) is 4.79 Å². The Labute approximate surface area is 189 Å². The van der Waals surface area contributed by atoms with Crippen molar-refractivity contribution in [2.75, 3.05) is 11.1 Å². The van der Waals surface area contributed by atoms with Gasteiger partial charge in [0.2, 0.25) is 5.88 Å². The summed E-state index contributed by atoms with van der Waals surface area (Å²) < 4.78 is 6.01. The number of anilines is 2. The van der Waals surface area contributed by atoms with E-state index in [1.165, 1.54) is 11.3 Å². The minimum absolute atomic E-state index is 0.298. The first kappa shape index (κ1) is 21.3. The van der Waals surface area contributed by atoms with Gasteiger partial charge in [-0.2, -0.15) is 5.26 Å². The van der Waals surface area contributed by atoms with E-state index in [4.69, 9.17) is 10.5 Å². The summed E-state index contributed by atoms with van der Waals surface area (Å²) in [6.45, 7) is 5.57. The molecule has 32 heavy (non-hydrogen) atoms. The Morgan fingerprint density at radius 3 is 2.75 bits per heavy atom. The number of carbonyl (C=O) groups excluding carboxylic acids is 1. The molecule has 0 spiro atoms. The van der Waals surface area contributed by atoms with Crippen LogP contribution in [0.15, 0.2) is 54.6 Å². The van der Waals surface area contributed by atoms with Crippen LogP contribution in [0.3, 0.4) is 0 Å². The number of ether oxygens (including phenoxy) is 1. The Bertz CT molecular complexity index is 1370. The lowest BCUT2D eigenvalue weighted by Gasteiger charge is -2.17. The van der Waals surface area contributed by atoms with E-state index >= 15 is 0 Å². The quantitative estimate of drug-likeness (QED) is 0.425. The summed E-state index contributed by atoms with van der Waals surface area (Å²) in [7, 11) is 0. The molecule has 0 aliphatic rings. The van der Waals surface area contributed by atoms with Crippen molar-refractivity contribution in [2.45, 2.75) is 26.2 Å². The van der Waals surface area contributed by atoms with Gasteiger partial charge >= 0.3 is 0 Å². The molecule has 8 heteroatoms. The van der Waals surface area contributed by atoms with Crippen molar-refractivity contribution < 1.29 is 9.53 Å². The van der Waals surface area contributed by atoms with Crippen LogP contribution in [0.25, 0.3) is 10.3 Å². The third-order valence-electron chi connectivity index (χ3n) is 4.97. The molecule has 0 aliphatic carbocycles. The lowest BCUT2D eigenvalue weighted by Crippen LogP contribution is -2.17. The number of nitrogens with zero attached hydrogens (tertiary/aromatic N) is 3. The molecule has 0 bridgehead atoms. The second kappa shape index (κ2) is 8.29. The number of nitriles is 1. The van der Waals surface area contributed by atoms with Crippen LogP contribution in [0, 0.1) is 18.3 Å². The second-order valence-corrected chi connectivity index (χ2v) is 8.91. The molecule has 4 rings (SSSR count). The maximum absolute atomic E-state index is 13.0. The smallest absolute Gasteiger partial charge is 0.255 e. The maximum Gasteiger partial charge on any atom is 0.255 e. The molecule has 0 fully saturated rings. The van der Waals surface area contributed by atoms with Crippen molar-refractivity contribution >= 4 is 38.4 Å². The number of hydrogen-bond donors (Lipinski definition) is 2. The summed E-state index contributed by atoms with van der Waals surface area (Å²) in [5.74, 6) is 0.546. The zero-order valence-corrected chi connectivity index (χ0v) is 18.7. The lowest BCUT2D eigenvalue weighted by molar-refractivity contribution is 0.102. The highest BCUT2D eigenvalue weighted by Gasteiger charge is 2.21. The molecule has 0 atom stereocenters. The highest BCUT2D eigenvalue weighted by Crippen LogP contribution is 2.32. The molecular weight excluding hydrogens is 422 g/mol. The Balaban J connectivity index is 1.61. The number of fused-ring (bicyclic) bond motifs is 1. The fourth-order valence-electron chi connectivity index (χ4n) is 3.11. The predicted molar refractivity (Wildman–Crippen MR) is 126 cm³/mol. The van der Waals surface area contributed by atoms with Gasteiger partial charge in [0.1, 0.15) is 10.3 Å². The molecule has 0 saturated heterocycles. The topological polar surface area (TPSA) is 114 Å². The highest BCUT2D eigenvalue weighted by atomic mass is 32.1. The molecule has 3 N–H and O–H groups in total. The Kier molecular flexibility index (Phi) is 5.51. The van der Waals surface area contributed by atoms with Crippen LogP contribution >= 0.6 is 11.3 Å². The van der Waals surface area contributed by atoms with Crippen molar-refractivity contribution in [3.8, 4) is 17.7 Å². The van der Waals surface area contributed by atoms with E-state index in [2.05, 4.69) is 21.4 Å². The first-order chi connectivity index (χ1) is 15.2. The zero-order valence-electron chi connectivity index (χ0n) is 17.8. The van der Waals surface area contributed by atoms with Gasteiger partial charge in [0.15, 0.2) is 10.9 Å². The van der Waals surface area contributed by atoms with Crippen LogP contribution in [0.2, 0.25) is 0 Å². The molecule has 2 aromatic heterocycles. The minimum atomic E-state index is -0.696. The summed E-state index contributed by atoms with van der Waals surface area (Å²) >= 11 is 1.28. The minimum Gasteiger partial charge on any atom is -0.437 e. The van der Waals surface area contributed by atoms with Crippen LogP contribution in [0.5, 0.6) is 11.6 Å². The van der Waals surface area contributed by atoms with Gasteiger partial charge < -0.3 is 15.8 Å². The van der Waals surface area contributed by atoms with Crippen LogP contribution in [0.4, 0.5) is 10.8 Å². The number of nitrogens with one attached hydrogen (secondary N) is 1. The molecule has 1 amide bonds. The third kappa shape index (κ3) is 4.38. The molecule has 0 aliphatic heterocycles. The third-order valence-corrected chi connectivity index (χ3v) is 5.77. The van der Waals surface area contributed by atoms with Gasteiger partial charge in [0.25, 0.3) is 5.91 Å². The van der Waals surface area contributed by atoms with Crippen molar-refractivity contribution in [1.29, 1.82) is 5.26 Å². The van der Waals surface area contributed by atoms with Gasteiger partial charge in [-0.1, -0.05) is 29.5 Å². The number of aromatic nitrogens is 2. The number of nitrogen functional groups attached to an aromatic ring is 1. The molecular formula is C24H21N5O2S. The molecule has 7 nitrogen and oxygen atoms in total. The SMILES string of the molecule is Cc1ccc(NC(=O)c2cccc(C(C)(C)C#N)c2)c(Oc2ccc3nc(N)sc3n2)c1. The van der Waals surface area contributed by atoms with E-state index in [0.717, 1.165) is 11.1 Å². The average Bonchev–Trinajstić information content (AvgIpc) is 3.15. The molecule has 2 heterocycles. The number of thiazole rings is 1. The molecule has 0 unspecified atom stereocenters. The number of hydrogen-bond acceptors (Lipinski definition) is 7. The lowest BCUT2D eigenvalue weighted by atomic mass is 9.85. The highest BCUT2D eigenvalue weighted by molar-refractivity contribution is 7.21. The van der Waals surface area contributed by atoms with Gasteiger partial charge in [-0.15, -0.1) is 0 Å². The van der Waals surface area contributed by atoms with Crippen LogP contribution in [-0.4, -0.2) is 15.9 Å². The summed E-state index contributed by atoms with van der Waals surface area (Å²) in [4.78, 5) is 22.3. The van der Waals surface area contributed by atoms with E-state index in [-0.39, 0.29) is 5.91 Å². The molecule has 0 saturated carbocycles. The number of benzene rings is 2. The van der Waals surface area contributed by atoms with E-state index in [1.54, 1.807) is 36.4 Å². The Morgan fingerprint density at radius 1 is 1.16 bits per heavy atom. The van der Waals surface area contributed by atoms with Gasteiger partial charge in [0, 0.05) is 11.6 Å². The second-order valence-electron chi connectivity index (χ2n) is 7.90. The van der Waals surface area contributed by atoms with E-state index in [0.29, 0.717) is 38.4 Å². The fourth-order valence-corrected chi connectivity index (χ4v) is 3.81. The molecule has 0 radical (unpaired) electrons.